The zero-order chi connectivity index (χ0) is 70.4. The summed E-state index contributed by atoms with van der Waals surface area (Å²) < 4.78 is 68.3. The first-order valence-corrected chi connectivity index (χ1v) is 40.5. The smallest absolute Gasteiger partial charge is 0.462 e. The number of carbonyl (C=O) groups excluding carboxylic acids is 4. The van der Waals surface area contributed by atoms with Gasteiger partial charge in [0, 0.05) is 25.7 Å². The highest BCUT2D eigenvalue weighted by Crippen LogP contribution is 2.45. The van der Waals surface area contributed by atoms with Crippen LogP contribution in [-0.2, 0) is 65.4 Å². The molecule has 3 N–H and O–H groups in total. The van der Waals surface area contributed by atoms with Gasteiger partial charge >= 0.3 is 39.5 Å². The summed E-state index contributed by atoms with van der Waals surface area (Å²) in [5, 5.41) is 10.6. The molecule has 0 aliphatic rings. The third-order valence-corrected chi connectivity index (χ3v) is 17.4. The number of aliphatic hydroxyl groups excluding tert-OH is 1. The molecule has 96 heavy (non-hydrogen) atoms. The topological polar surface area (TPSA) is 237 Å². The predicted molar refractivity (Wildman–Crippen MR) is 390 cm³/mol. The second kappa shape index (κ2) is 69.5. The lowest BCUT2D eigenvalue weighted by Crippen LogP contribution is -2.30. The summed E-state index contributed by atoms with van der Waals surface area (Å²) in [6, 6.07) is 0. The van der Waals surface area contributed by atoms with Gasteiger partial charge in [-0.1, -0.05) is 260 Å². The molecule has 0 rings (SSSR count). The van der Waals surface area contributed by atoms with Crippen LogP contribution < -0.4 is 0 Å². The van der Waals surface area contributed by atoms with Crippen molar-refractivity contribution in [3.63, 3.8) is 0 Å². The number of hydrogen-bond acceptors (Lipinski definition) is 15. The molecule has 0 fully saturated rings. The third kappa shape index (κ3) is 68.5. The number of esters is 4. The number of phosphoric ester groups is 2. The number of rotatable bonds is 70. The predicted octanol–water partition coefficient (Wildman–Crippen LogP) is 21.2. The highest BCUT2D eigenvalue weighted by molar-refractivity contribution is 7.47. The average molecular weight is 1390 g/mol. The normalized spacial score (nSPS) is 14.5. The number of ether oxygens (including phenoxy) is 4. The Hall–Kier alpha value is -4.02. The first kappa shape index (κ1) is 92.0. The van der Waals surface area contributed by atoms with Gasteiger partial charge in [0.2, 0.25) is 0 Å². The fourth-order valence-corrected chi connectivity index (χ4v) is 11.4. The van der Waals surface area contributed by atoms with Crippen molar-refractivity contribution < 1.29 is 80.2 Å². The minimum absolute atomic E-state index is 0.0726. The molecule has 0 heterocycles. The minimum atomic E-state index is -4.98. The summed E-state index contributed by atoms with van der Waals surface area (Å²) in [7, 11) is -9.96. The lowest BCUT2D eigenvalue weighted by Gasteiger charge is -2.21. The fraction of sp³-hybridized carbons (Fsp3) is 0.740. The average Bonchev–Trinajstić information content (AvgIpc) is 1.17. The van der Waals surface area contributed by atoms with Crippen LogP contribution in [0.15, 0.2) is 97.2 Å². The zero-order valence-electron chi connectivity index (χ0n) is 60.3. The standard InChI is InChI=1S/C77H134O17P2/c1-5-9-13-17-21-25-29-32-34-35-37-40-43-46-50-54-58-62-75(80)88-68-73(94-77(82)64-60-56-52-48-44-38-31-27-23-19-15-11-7-3)70-92-96(85,86)90-66-71(78)65-89-95(83,84)91-69-72(93-76(81)63-59-55-51-47-41-28-24-20-16-12-8-4)67-87-74(79)61-57-53-49-45-42-39-36-33-30-26-22-18-14-10-6-2/h9,13,21-22,25-27,31-34,36-37,40,46,50,71-73,78H,5-8,10-12,14-20,23-24,28-30,35,38-39,41-45,47-49,51-70H2,1-4H3,(H,83,84)(H,85,86)/b13-9-,25-21-,26-22-,31-27-,34-32-,36-33-,40-37-,50-46-. The summed E-state index contributed by atoms with van der Waals surface area (Å²) in [4.78, 5) is 72.7. The molecule has 5 atom stereocenters. The maximum absolute atomic E-state index is 13.1. The monoisotopic (exact) mass is 1390 g/mol. The highest BCUT2D eigenvalue weighted by atomic mass is 31.2. The Balaban J connectivity index is 5.37. The van der Waals surface area contributed by atoms with Crippen LogP contribution in [0.1, 0.15) is 310 Å². The summed E-state index contributed by atoms with van der Waals surface area (Å²) in [5.41, 5.74) is 0. The number of hydrogen-bond donors (Lipinski definition) is 3. The Labute approximate surface area is 582 Å². The zero-order valence-corrected chi connectivity index (χ0v) is 62.1. The molecule has 0 aliphatic carbocycles. The molecule has 0 bridgehead atoms. The molecule has 554 valence electrons. The second-order valence-electron chi connectivity index (χ2n) is 24.9. The summed E-state index contributed by atoms with van der Waals surface area (Å²) in [5.74, 6) is -2.26. The van der Waals surface area contributed by atoms with Crippen molar-refractivity contribution in [3.05, 3.63) is 97.2 Å². The van der Waals surface area contributed by atoms with E-state index in [-0.39, 0.29) is 25.7 Å². The molecule has 0 radical (unpaired) electrons. The van der Waals surface area contributed by atoms with E-state index >= 15 is 0 Å². The molecule has 0 aromatic rings. The quantitative estimate of drug-likeness (QED) is 0.0169. The lowest BCUT2D eigenvalue weighted by atomic mass is 10.1. The van der Waals surface area contributed by atoms with Crippen LogP contribution in [0.5, 0.6) is 0 Å². The van der Waals surface area contributed by atoms with Gasteiger partial charge in [0.1, 0.15) is 19.3 Å². The van der Waals surface area contributed by atoms with Crippen molar-refractivity contribution >= 4 is 39.5 Å². The van der Waals surface area contributed by atoms with Crippen LogP contribution in [0.4, 0.5) is 0 Å². The van der Waals surface area contributed by atoms with Gasteiger partial charge in [0.05, 0.1) is 26.4 Å². The fourth-order valence-electron chi connectivity index (χ4n) is 9.81. The lowest BCUT2D eigenvalue weighted by molar-refractivity contribution is -0.161. The Morgan fingerprint density at radius 1 is 0.302 bits per heavy atom. The van der Waals surface area contributed by atoms with Crippen LogP contribution >= 0.6 is 15.6 Å². The first-order chi connectivity index (χ1) is 46.7. The highest BCUT2D eigenvalue weighted by Gasteiger charge is 2.30. The van der Waals surface area contributed by atoms with E-state index < -0.39 is 97.5 Å². The maximum Gasteiger partial charge on any atom is 0.472 e. The SMILES string of the molecule is CC/C=C\C/C=C\C/C=C\C/C=C\C/C=C\CCCC(=O)OCC(COP(=O)(O)OCC(O)COP(=O)(O)OCC(COC(=O)CCCCCCC/C=C\C/C=C\CCCCC)OC(=O)CCCCCCCCCCCCC)OC(=O)CCCCCCC/C=C\CCCCCC. The van der Waals surface area contributed by atoms with E-state index in [1.165, 1.54) is 83.5 Å². The van der Waals surface area contributed by atoms with Crippen molar-refractivity contribution in [2.24, 2.45) is 0 Å². The number of aliphatic hydroxyl groups is 1. The Bertz CT molecular complexity index is 2200. The van der Waals surface area contributed by atoms with Crippen LogP contribution in [0.25, 0.3) is 0 Å². The Morgan fingerprint density at radius 3 is 0.917 bits per heavy atom. The van der Waals surface area contributed by atoms with Crippen molar-refractivity contribution in [2.45, 2.75) is 329 Å². The van der Waals surface area contributed by atoms with E-state index in [1.807, 2.05) is 12.2 Å². The van der Waals surface area contributed by atoms with E-state index in [4.69, 9.17) is 37.0 Å². The van der Waals surface area contributed by atoms with Crippen LogP contribution in [-0.4, -0.2) is 96.7 Å². The Morgan fingerprint density at radius 2 is 0.552 bits per heavy atom. The van der Waals surface area contributed by atoms with Crippen molar-refractivity contribution in [1.82, 2.24) is 0 Å². The summed E-state index contributed by atoms with van der Waals surface area (Å²) in [6.07, 6.45) is 71.3. The summed E-state index contributed by atoms with van der Waals surface area (Å²) >= 11 is 0. The van der Waals surface area contributed by atoms with E-state index in [0.717, 1.165) is 141 Å². The van der Waals surface area contributed by atoms with Gasteiger partial charge in [0.15, 0.2) is 12.2 Å². The molecular formula is C77H134O17P2. The molecule has 19 heteroatoms. The van der Waals surface area contributed by atoms with Crippen molar-refractivity contribution in [1.29, 1.82) is 0 Å². The van der Waals surface area contributed by atoms with Gasteiger partial charge < -0.3 is 33.8 Å². The molecule has 0 saturated carbocycles. The van der Waals surface area contributed by atoms with Gasteiger partial charge in [-0.25, -0.2) is 9.13 Å². The van der Waals surface area contributed by atoms with Crippen LogP contribution in [0.3, 0.4) is 0 Å². The van der Waals surface area contributed by atoms with E-state index in [9.17, 15) is 43.2 Å². The molecule has 0 aliphatic heterocycles. The van der Waals surface area contributed by atoms with Gasteiger partial charge in [0.25, 0.3) is 0 Å². The second-order valence-corrected chi connectivity index (χ2v) is 27.8. The molecule has 0 aromatic heterocycles. The van der Waals surface area contributed by atoms with Crippen LogP contribution in [0.2, 0.25) is 0 Å². The van der Waals surface area contributed by atoms with Gasteiger partial charge in [-0.15, -0.1) is 0 Å². The molecule has 0 amide bonds. The number of allylic oxidation sites excluding steroid dienone is 16. The third-order valence-electron chi connectivity index (χ3n) is 15.5. The minimum Gasteiger partial charge on any atom is -0.462 e. The maximum atomic E-state index is 13.1. The van der Waals surface area contributed by atoms with E-state index in [0.29, 0.717) is 32.1 Å². The van der Waals surface area contributed by atoms with E-state index in [1.54, 1.807) is 0 Å². The first-order valence-electron chi connectivity index (χ1n) is 37.5. The van der Waals surface area contributed by atoms with Crippen molar-refractivity contribution in [3.8, 4) is 0 Å². The molecule has 0 aromatic carbocycles. The van der Waals surface area contributed by atoms with E-state index in [2.05, 4.69) is 113 Å². The largest absolute Gasteiger partial charge is 0.472 e. The van der Waals surface area contributed by atoms with Gasteiger partial charge in [-0.05, 0) is 122 Å². The van der Waals surface area contributed by atoms with Crippen molar-refractivity contribution in [2.75, 3.05) is 39.6 Å². The number of phosphoric acid groups is 2. The number of carbonyl (C=O) groups is 4. The van der Waals surface area contributed by atoms with Crippen LogP contribution in [0, 0.1) is 0 Å². The summed E-state index contributed by atoms with van der Waals surface area (Å²) in [6.45, 7) is 4.63. The Kier molecular flexibility index (Phi) is 66.6. The molecule has 17 nitrogen and oxygen atoms in total. The number of unbranched alkanes of at least 4 members (excludes halogenated alkanes) is 28. The molecule has 0 saturated heterocycles. The van der Waals surface area contributed by atoms with Gasteiger partial charge in [-0.2, -0.15) is 0 Å². The molecular weight excluding hydrogens is 1260 g/mol. The van der Waals surface area contributed by atoms with Gasteiger partial charge in [-0.3, -0.25) is 37.3 Å². The molecule has 5 unspecified atom stereocenters. The molecule has 0 spiro atoms.